The Morgan fingerprint density at radius 1 is 0.971 bits per heavy atom. The molecule has 3 aromatic carbocycles. The highest BCUT2D eigenvalue weighted by Crippen LogP contribution is 2.53. The Morgan fingerprint density at radius 3 is 2.50 bits per heavy atom. The summed E-state index contributed by atoms with van der Waals surface area (Å²) in [6.07, 6.45) is -0.673. The smallest absolute Gasteiger partial charge is 0.197 e. The topological polar surface area (TPSA) is 150 Å². The van der Waals surface area contributed by atoms with E-state index in [9.17, 15) is 30.3 Å². The van der Waals surface area contributed by atoms with Crippen molar-refractivity contribution in [2.75, 3.05) is 13.7 Å². The van der Waals surface area contributed by atoms with E-state index in [0.29, 0.717) is 16.9 Å². The van der Waals surface area contributed by atoms with Gasteiger partial charge in [0.05, 0.1) is 25.2 Å². The van der Waals surface area contributed by atoms with Gasteiger partial charge in [0.15, 0.2) is 16.9 Å². The Morgan fingerprint density at radius 2 is 1.76 bits per heavy atom. The number of fused-ring (bicyclic) bond motifs is 2. The fourth-order valence-electron chi connectivity index (χ4n) is 4.36. The summed E-state index contributed by atoms with van der Waals surface area (Å²) < 4.78 is 16.9. The van der Waals surface area contributed by atoms with Gasteiger partial charge in [0.2, 0.25) is 0 Å². The Balaban J connectivity index is 1.62. The van der Waals surface area contributed by atoms with Crippen molar-refractivity contribution in [2.24, 2.45) is 0 Å². The Kier molecular flexibility index (Phi) is 4.98. The van der Waals surface area contributed by atoms with Crippen molar-refractivity contribution in [3.8, 4) is 45.8 Å². The highest BCUT2D eigenvalue weighted by atomic mass is 16.5. The second-order valence-electron chi connectivity index (χ2n) is 7.95. The van der Waals surface area contributed by atoms with Crippen molar-refractivity contribution in [1.82, 2.24) is 0 Å². The van der Waals surface area contributed by atoms with E-state index in [-0.39, 0.29) is 51.9 Å². The SMILES string of the molecule is COc1cc([C@H]2Oc3ccc(-c4cc(=O)c5c(O)cc(O)cc5o4)c(O)c3[C@H]2CO)ccc1O. The second kappa shape index (κ2) is 7.89. The molecule has 2 atom stereocenters. The molecule has 34 heavy (non-hydrogen) atoms. The Hall–Kier alpha value is -4.37. The third kappa shape index (κ3) is 3.25. The number of hydrogen-bond acceptors (Lipinski definition) is 9. The normalized spacial score (nSPS) is 16.9. The van der Waals surface area contributed by atoms with E-state index in [4.69, 9.17) is 13.9 Å². The lowest BCUT2D eigenvalue weighted by Crippen LogP contribution is -2.13. The number of aromatic hydroxyl groups is 4. The summed E-state index contributed by atoms with van der Waals surface area (Å²) in [7, 11) is 1.42. The first kappa shape index (κ1) is 21.5. The molecule has 1 aromatic heterocycles. The summed E-state index contributed by atoms with van der Waals surface area (Å²) in [5.74, 6) is -1.07. The fraction of sp³-hybridized carbons (Fsp3) is 0.160. The average Bonchev–Trinajstić information content (AvgIpc) is 3.18. The van der Waals surface area contributed by atoms with Crippen LogP contribution in [0.25, 0.3) is 22.3 Å². The van der Waals surface area contributed by atoms with Crippen LogP contribution in [0, 0.1) is 0 Å². The molecule has 0 saturated heterocycles. The zero-order chi connectivity index (χ0) is 24.1. The summed E-state index contributed by atoms with van der Waals surface area (Å²) in [5.41, 5.74) is 0.515. The Labute approximate surface area is 192 Å². The van der Waals surface area contributed by atoms with Crippen LogP contribution in [0.4, 0.5) is 0 Å². The molecule has 5 N–H and O–H groups in total. The molecule has 0 spiro atoms. The van der Waals surface area contributed by atoms with Crippen molar-refractivity contribution in [2.45, 2.75) is 12.0 Å². The molecule has 4 aromatic rings. The maximum atomic E-state index is 12.6. The standard InChI is InChI=1S/C25H20O9/c1-32-20-6-11(2-4-15(20)28)25-14(10-26)22-18(34-25)5-3-13(24(22)31)19-9-17(30)23-16(29)7-12(27)8-21(23)33-19/h2-9,14,25-29,31H,10H2,1H3/t14-,25-/m1/s1. The summed E-state index contributed by atoms with van der Waals surface area (Å²) >= 11 is 0. The molecular weight excluding hydrogens is 444 g/mol. The molecule has 0 radical (unpaired) electrons. The lowest BCUT2D eigenvalue weighted by molar-refractivity contribution is 0.159. The van der Waals surface area contributed by atoms with Gasteiger partial charge in [-0.05, 0) is 29.8 Å². The predicted molar refractivity (Wildman–Crippen MR) is 121 cm³/mol. The van der Waals surface area contributed by atoms with Gasteiger partial charge in [-0.25, -0.2) is 0 Å². The van der Waals surface area contributed by atoms with Crippen LogP contribution in [0.5, 0.6) is 34.5 Å². The van der Waals surface area contributed by atoms with E-state index in [1.165, 1.54) is 25.3 Å². The number of aliphatic hydroxyl groups excluding tert-OH is 1. The van der Waals surface area contributed by atoms with Crippen LogP contribution in [-0.4, -0.2) is 39.2 Å². The molecule has 0 unspecified atom stereocenters. The molecule has 9 nitrogen and oxygen atoms in total. The van der Waals surface area contributed by atoms with Gasteiger partial charge in [0.25, 0.3) is 0 Å². The number of hydrogen-bond donors (Lipinski definition) is 5. The predicted octanol–water partition coefficient (Wildman–Crippen LogP) is 3.50. The average molecular weight is 464 g/mol. The van der Waals surface area contributed by atoms with E-state index < -0.39 is 23.2 Å². The van der Waals surface area contributed by atoms with Crippen LogP contribution in [0.1, 0.15) is 23.1 Å². The van der Waals surface area contributed by atoms with Crippen LogP contribution in [0.3, 0.4) is 0 Å². The number of aliphatic hydroxyl groups is 1. The molecule has 1 aliphatic rings. The van der Waals surface area contributed by atoms with Gasteiger partial charge in [-0.3, -0.25) is 4.79 Å². The minimum atomic E-state index is -0.673. The zero-order valence-corrected chi connectivity index (χ0v) is 17.8. The van der Waals surface area contributed by atoms with Crippen LogP contribution in [-0.2, 0) is 0 Å². The largest absolute Gasteiger partial charge is 0.508 e. The molecular formula is C25H20O9. The number of rotatable bonds is 4. The zero-order valence-electron chi connectivity index (χ0n) is 17.8. The van der Waals surface area contributed by atoms with E-state index in [1.807, 2.05) is 0 Å². The second-order valence-corrected chi connectivity index (χ2v) is 7.95. The molecule has 174 valence electrons. The van der Waals surface area contributed by atoms with Crippen LogP contribution in [0.2, 0.25) is 0 Å². The number of methoxy groups -OCH3 is 1. The fourth-order valence-corrected chi connectivity index (χ4v) is 4.36. The third-order valence-electron chi connectivity index (χ3n) is 5.96. The summed E-state index contributed by atoms with van der Waals surface area (Å²) in [6.45, 7) is -0.360. The van der Waals surface area contributed by atoms with Gasteiger partial charge < -0.3 is 39.4 Å². The lowest BCUT2D eigenvalue weighted by atomic mass is 9.89. The summed E-state index contributed by atoms with van der Waals surface area (Å²) in [6, 6.07) is 11.1. The van der Waals surface area contributed by atoms with Crippen molar-refractivity contribution in [1.29, 1.82) is 0 Å². The number of benzene rings is 3. The highest BCUT2D eigenvalue weighted by molar-refractivity contribution is 5.86. The minimum absolute atomic E-state index is 0.00856. The van der Waals surface area contributed by atoms with Crippen molar-refractivity contribution in [3.63, 3.8) is 0 Å². The van der Waals surface area contributed by atoms with Gasteiger partial charge in [-0.1, -0.05) is 6.07 Å². The number of phenolic OH excluding ortho intramolecular Hbond substituents is 4. The molecule has 2 heterocycles. The molecule has 0 saturated carbocycles. The van der Waals surface area contributed by atoms with Crippen LogP contribution in [0.15, 0.2) is 57.7 Å². The minimum Gasteiger partial charge on any atom is -0.508 e. The van der Waals surface area contributed by atoms with Gasteiger partial charge in [0, 0.05) is 23.8 Å². The van der Waals surface area contributed by atoms with Crippen molar-refractivity contribution in [3.05, 3.63) is 69.9 Å². The van der Waals surface area contributed by atoms with Gasteiger partial charge in [-0.15, -0.1) is 0 Å². The summed E-state index contributed by atoms with van der Waals surface area (Å²) in [5, 5.41) is 50.8. The molecule has 0 fully saturated rings. The van der Waals surface area contributed by atoms with Gasteiger partial charge in [0.1, 0.15) is 45.8 Å². The molecule has 5 rings (SSSR count). The maximum Gasteiger partial charge on any atom is 0.197 e. The van der Waals surface area contributed by atoms with Crippen molar-refractivity contribution >= 4 is 11.0 Å². The first-order chi connectivity index (χ1) is 16.3. The van der Waals surface area contributed by atoms with Crippen LogP contribution >= 0.6 is 0 Å². The lowest BCUT2D eigenvalue weighted by Gasteiger charge is -2.19. The maximum absolute atomic E-state index is 12.6. The molecule has 0 amide bonds. The number of ether oxygens (including phenoxy) is 2. The van der Waals surface area contributed by atoms with E-state index in [2.05, 4.69) is 0 Å². The quantitative estimate of drug-likeness (QED) is 0.306. The molecule has 0 aliphatic carbocycles. The monoisotopic (exact) mass is 464 g/mol. The number of phenols is 4. The van der Waals surface area contributed by atoms with E-state index in [0.717, 1.165) is 12.1 Å². The first-order valence-electron chi connectivity index (χ1n) is 10.3. The first-order valence-corrected chi connectivity index (χ1v) is 10.3. The molecule has 1 aliphatic heterocycles. The van der Waals surface area contributed by atoms with Crippen LogP contribution < -0.4 is 14.9 Å². The van der Waals surface area contributed by atoms with E-state index >= 15 is 0 Å². The molecule has 0 bridgehead atoms. The van der Waals surface area contributed by atoms with Crippen molar-refractivity contribution < 1.29 is 39.4 Å². The van der Waals surface area contributed by atoms with Gasteiger partial charge in [-0.2, -0.15) is 0 Å². The summed E-state index contributed by atoms with van der Waals surface area (Å²) in [4.78, 5) is 12.6. The third-order valence-corrected chi connectivity index (χ3v) is 5.96. The Bertz CT molecular complexity index is 1490. The highest BCUT2D eigenvalue weighted by Gasteiger charge is 2.39. The molecule has 9 heteroatoms. The van der Waals surface area contributed by atoms with E-state index in [1.54, 1.807) is 18.2 Å². The van der Waals surface area contributed by atoms with Gasteiger partial charge >= 0.3 is 0 Å².